The molecule has 4 nitrogen and oxygen atoms in total. The monoisotopic (exact) mass is 329 g/mol. The first-order chi connectivity index (χ1) is 10.1. The molecule has 2 aromatic rings. The molecule has 114 valence electrons. The highest BCUT2D eigenvalue weighted by atomic mass is 35.5. The third-order valence-corrected chi connectivity index (χ3v) is 3.38. The molecule has 21 heavy (non-hydrogen) atoms. The Hall–Kier alpha value is -1.20. The summed E-state index contributed by atoms with van der Waals surface area (Å²) in [7, 11) is 0. The third kappa shape index (κ3) is 5.59. The lowest BCUT2D eigenvalue weighted by atomic mass is 10.3. The summed E-state index contributed by atoms with van der Waals surface area (Å²) in [6.07, 6.45) is 1.80. The zero-order valence-electron chi connectivity index (χ0n) is 11.4. The molecule has 0 saturated carbocycles. The number of aliphatic hydroxyl groups excluding tert-OH is 1. The van der Waals surface area contributed by atoms with Crippen LogP contribution in [0.15, 0.2) is 41.0 Å². The van der Waals surface area contributed by atoms with Crippen LogP contribution in [0.1, 0.15) is 5.76 Å². The minimum absolute atomic E-state index is 0.147. The van der Waals surface area contributed by atoms with E-state index >= 15 is 0 Å². The number of nitrogens with one attached hydrogen (secondary N) is 1. The number of ether oxygens (including phenoxy) is 1. The molecule has 0 fully saturated rings. The van der Waals surface area contributed by atoms with Crippen molar-refractivity contribution >= 4 is 23.2 Å². The molecule has 1 atom stereocenters. The van der Waals surface area contributed by atoms with Crippen LogP contribution >= 0.6 is 23.2 Å². The molecule has 0 bridgehead atoms. The maximum atomic E-state index is 9.84. The summed E-state index contributed by atoms with van der Waals surface area (Å²) < 4.78 is 10.7. The van der Waals surface area contributed by atoms with Gasteiger partial charge in [-0.25, -0.2) is 0 Å². The molecule has 6 heteroatoms. The van der Waals surface area contributed by atoms with Crippen LogP contribution in [0, 0.1) is 0 Å². The van der Waals surface area contributed by atoms with Gasteiger partial charge in [0, 0.05) is 30.6 Å². The van der Waals surface area contributed by atoms with E-state index in [9.17, 15) is 5.11 Å². The van der Waals surface area contributed by atoms with Crippen LogP contribution in [0.3, 0.4) is 0 Å². The Kier molecular flexibility index (Phi) is 6.39. The van der Waals surface area contributed by atoms with Gasteiger partial charge < -0.3 is 19.6 Å². The molecule has 0 amide bonds. The topological polar surface area (TPSA) is 54.6 Å². The summed E-state index contributed by atoms with van der Waals surface area (Å²) >= 11 is 11.8. The predicted molar refractivity (Wildman–Crippen MR) is 83.2 cm³/mol. The minimum atomic E-state index is -0.628. The lowest BCUT2D eigenvalue weighted by Crippen LogP contribution is -2.32. The van der Waals surface area contributed by atoms with Crippen molar-refractivity contribution < 1.29 is 14.3 Å². The molecule has 1 heterocycles. The Morgan fingerprint density at radius 2 is 2.14 bits per heavy atom. The second-order valence-corrected chi connectivity index (χ2v) is 5.42. The van der Waals surface area contributed by atoms with Crippen LogP contribution in [0.25, 0.3) is 0 Å². The van der Waals surface area contributed by atoms with Gasteiger partial charge >= 0.3 is 0 Å². The summed E-state index contributed by atoms with van der Waals surface area (Å²) in [5.41, 5.74) is 0. The van der Waals surface area contributed by atoms with Crippen LogP contribution in [-0.4, -0.2) is 30.9 Å². The molecule has 0 aliphatic heterocycles. The lowest BCUT2D eigenvalue weighted by Gasteiger charge is -2.14. The lowest BCUT2D eigenvalue weighted by molar-refractivity contribution is 0.106. The van der Waals surface area contributed by atoms with Gasteiger partial charge in [-0.2, -0.15) is 0 Å². The van der Waals surface area contributed by atoms with Gasteiger partial charge in [-0.3, -0.25) is 0 Å². The van der Waals surface area contributed by atoms with Crippen molar-refractivity contribution in [3.05, 3.63) is 52.4 Å². The summed E-state index contributed by atoms with van der Waals surface area (Å²) in [6, 6.07) is 8.74. The number of benzene rings is 1. The van der Waals surface area contributed by atoms with Crippen molar-refractivity contribution in [3.8, 4) is 5.75 Å². The standard InChI is InChI=1S/C15H17Cl2NO3/c16-11-3-4-14(17)15(8-11)21-10-12(19)9-18-6-5-13-2-1-7-20-13/h1-4,7-8,12,18-19H,5-6,9-10H2. The van der Waals surface area contributed by atoms with Crippen molar-refractivity contribution in [2.45, 2.75) is 12.5 Å². The molecule has 0 saturated heterocycles. The average molecular weight is 330 g/mol. The normalized spacial score (nSPS) is 12.3. The number of halogens is 2. The van der Waals surface area contributed by atoms with Crippen molar-refractivity contribution in [2.75, 3.05) is 19.7 Å². The molecular weight excluding hydrogens is 313 g/mol. The number of hydrogen-bond acceptors (Lipinski definition) is 4. The molecule has 0 radical (unpaired) electrons. The molecule has 0 aliphatic carbocycles. The van der Waals surface area contributed by atoms with E-state index in [1.807, 2.05) is 12.1 Å². The number of furan rings is 1. The summed E-state index contributed by atoms with van der Waals surface area (Å²) in [5.74, 6) is 1.39. The molecule has 2 N–H and O–H groups in total. The first kappa shape index (κ1) is 16.2. The number of hydrogen-bond donors (Lipinski definition) is 2. The molecule has 1 aromatic carbocycles. The first-order valence-electron chi connectivity index (χ1n) is 6.64. The van der Waals surface area contributed by atoms with Crippen LogP contribution in [0.4, 0.5) is 0 Å². The van der Waals surface area contributed by atoms with Gasteiger partial charge in [0.2, 0.25) is 0 Å². The highest BCUT2D eigenvalue weighted by Gasteiger charge is 2.08. The van der Waals surface area contributed by atoms with E-state index in [2.05, 4.69) is 5.32 Å². The Morgan fingerprint density at radius 3 is 2.90 bits per heavy atom. The Morgan fingerprint density at radius 1 is 1.29 bits per heavy atom. The molecule has 2 rings (SSSR count). The van der Waals surface area contributed by atoms with E-state index in [1.165, 1.54) is 0 Å². The van der Waals surface area contributed by atoms with Crippen molar-refractivity contribution in [1.29, 1.82) is 0 Å². The minimum Gasteiger partial charge on any atom is -0.489 e. The molecule has 1 aromatic heterocycles. The summed E-state index contributed by atoms with van der Waals surface area (Å²) in [5, 5.41) is 14.0. The van der Waals surface area contributed by atoms with Gasteiger partial charge in [-0.1, -0.05) is 23.2 Å². The SMILES string of the molecule is OC(CNCCc1ccco1)COc1cc(Cl)ccc1Cl. The fourth-order valence-electron chi connectivity index (χ4n) is 1.77. The largest absolute Gasteiger partial charge is 0.489 e. The van der Waals surface area contributed by atoms with E-state index in [-0.39, 0.29) is 6.61 Å². The van der Waals surface area contributed by atoms with Gasteiger partial charge in [-0.15, -0.1) is 0 Å². The van der Waals surface area contributed by atoms with Gasteiger partial charge in [0.15, 0.2) is 0 Å². The Bertz CT molecular complexity index is 546. The second kappa shape index (κ2) is 8.29. The van der Waals surface area contributed by atoms with Gasteiger partial charge in [-0.05, 0) is 24.3 Å². The maximum absolute atomic E-state index is 9.84. The van der Waals surface area contributed by atoms with Crippen LogP contribution in [0.5, 0.6) is 5.75 Å². The van der Waals surface area contributed by atoms with Crippen molar-refractivity contribution in [1.82, 2.24) is 5.32 Å². The smallest absolute Gasteiger partial charge is 0.139 e. The fraction of sp³-hybridized carbons (Fsp3) is 0.333. The average Bonchev–Trinajstić information content (AvgIpc) is 2.98. The first-order valence-corrected chi connectivity index (χ1v) is 7.40. The predicted octanol–water partition coefficient (Wildman–Crippen LogP) is 3.16. The molecule has 1 unspecified atom stereocenters. The Balaban J connectivity index is 1.65. The van der Waals surface area contributed by atoms with Crippen molar-refractivity contribution in [2.24, 2.45) is 0 Å². The fourth-order valence-corrected chi connectivity index (χ4v) is 2.10. The highest BCUT2D eigenvalue weighted by Crippen LogP contribution is 2.27. The van der Waals surface area contributed by atoms with Crippen LogP contribution in [0.2, 0.25) is 10.0 Å². The van der Waals surface area contributed by atoms with E-state index in [0.29, 0.717) is 22.3 Å². The molecule has 0 aliphatic rings. The molecule has 0 spiro atoms. The quantitative estimate of drug-likeness (QED) is 0.730. The van der Waals surface area contributed by atoms with E-state index in [0.717, 1.165) is 18.7 Å². The van der Waals surface area contributed by atoms with Gasteiger partial charge in [0.05, 0.1) is 11.3 Å². The summed E-state index contributed by atoms with van der Waals surface area (Å²) in [4.78, 5) is 0. The molecular formula is C15H17Cl2NO3. The van der Waals surface area contributed by atoms with E-state index in [4.69, 9.17) is 32.4 Å². The maximum Gasteiger partial charge on any atom is 0.139 e. The third-order valence-electron chi connectivity index (χ3n) is 2.83. The Labute approximate surface area is 133 Å². The van der Waals surface area contributed by atoms with Gasteiger partial charge in [0.1, 0.15) is 24.2 Å². The van der Waals surface area contributed by atoms with Crippen LogP contribution in [-0.2, 0) is 6.42 Å². The zero-order chi connectivity index (χ0) is 15.1. The second-order valence-electron chi connectivity index (χ2n) is 4.57. The van der Waals surface area contributed by atoms with E-state index < -0.39 is 6.10 Å². The van der Waals surface area contributed by atoms with E-state index in [1.54, 1.807) is 24.5 Å². The number of aliphatic hydroxyl groups is 1. The number of rotatable bonds is 8. The van der Waals surface area contributed by atoms with Crippen LogP contribution < -0.4 is 10.1 Å². The zero-order valence-corrected chi connectivity index (χ0v) is 12.9. The summed E-state index contributed by atoms with van der Waals surface area (Å²) in [6.45, 7) is 1.30. The highest BCUT2D eigenvalue weighted by molar-refractivity contribution is 6.34. The van der Waals surface area contributed by atoms with Crippen molar-refractivity contribution in [3.63, 3.8) is 0 Å². The van der Waals surface area contributed by atoms with Gasteiger partial charge in [0.25, 0.3) is 0 Å².